The monoisotopic (exact) mass is 229 g/mol. The van der Waals surface area contributed by atoms with E-state index < -0.39 is 0 Å². The van der Waals surface area contributed by atoms with Crippen LogP contribution in [0.5, 0.6) is 0 Å². The molecule has 0 unspecified atom stereocenters. The molecule has 3 rings (SSSR count). The minimum Gasteiger partial charge on any atom is -0.358 e. The fourth-order valence-electron chi connectivity index (χ4n) is 2.50. The zero-order valence-corrected chi connectivity index (χ0v) is 9.67. The molecule has 0 amide bonds. The van der Waals surface area contributed by atoms with Crippen molar-refractivity contribution in [3.63, 3.8) is 0 Å². The van der Waals surface area contributed by atoms with Crippen molar-refractivity contribution in [1.29, 1.82) is 0 Å². The van der Waals surface area contributed by atoms with Gasteiger partial charge in [0.25, 0.3) is 0 Å². The highest BCUT2D eigenvalue weighted by Gasteiger charge is 2.15. The van der Waals surface area contributed by atoms with Crippen molar-refractivity contribution >= 4 is 17.6 Å². The maximum atomic E-state index is 10.6. The third kappa shape index (κ3) is 1.69. The summed E-state index contributed by atoms with van der Waals surface area (Å²) in [4.78, 5) is 17.3. The highest BCUT2D eigenvalue weighted by Crippen LogP contribution is 2.23. The lowest BCUT2D eigenvalue weighted by molar-refractivity contribution is -0.107. The predicted molar refractivity (Wildman–Crippen MR) is 66.4 cm³/mol. The maximum absolute atomic E-state index is 10.6. The van der Waals surface area contributed by atoms with Crippen LogP contribution in [0.25, 0.3) is 5.52 Å². The number of aromatic nitrogens is 2. The Labute approximate surface area is 99.9 Å². The van der Waals surface area contributed by atoms with Gasteiger partial charge in [0.1, 0.15) is 18.4 Å². The second-order valence-electron chi connectivity index (χ2n) is 4.40. The minimum atomic E-state index is 0.389. The van der Waals surface area contributed by atoms with Gasteiger partial charge in [-0.1, -0.05) is 6.07 Å². The Hall–Kier alpha value is -1.84. The van der Waals surface area contributed by atoms with Crippen LogP contribution < -0.4 is 4.90 Å². The largest absolute Gasteiger partial charge is 0.358 e. The van der Waals surface area contributed by atoms with Gasteiger partial charge >= 0.3 is 0 Å². The lowest BCUT2D eigenvalue weighted by atomic mass is 10.2. The molecule has 17 heavy (non-hydrogen) atoms. The van der Waals surface area contributed by atoms with E-state index in [2.05, 4.69) is 20.4 Å². The molecule has 0 bridgehead atoms. The van der Waals surface area contributed by atoms with Crippen molar-refractivity contribution in [2.24, 2.45) is 0 Å². The number of hydrogen-bond donors (Lipinski definition) is 0. The van der Waals surface area contributed by atoms with E-state index in [0.717, 1.165) is 30.6 Å². The number of carbonyl (C=O) groups excluding carboxylic acids is 1. The first-order valence-electron chi connectivity index (χ1n) is 6.03. The van der Waals surface area contributed by atoms with Crippen LogP contribution in [-0.2, 0) is 11.2 Å². The minimum absolute atomic E-state index is 0.389. The third-order valence-corrected chi connectivity index (χ3v) is 3.34. The Balaban J connectivity index is 2.09. The third-order valence-electron chi connectivity index (χ3n) is 3.34. The molecule has 1 saturated heterocycles. The van der Waals surface area contributed by atoms with Crippen molar-refractivity contribution in [3.05, 3.63) is 30.2 Å². The molecule has 88 valence electrons. The lowest BCUT2D eigenvalue weighted by Crippen LogP contribution is -2.20. The molecule has 0 saturated carbocycles. The Kier molecular flexibility index (Phi) is 2.55. The highest BCUT2D eigenvalue weighted by molar-refractivity contribution is 5.65. The van der Waals surface area contributed by atoms with Crippen molar-refractivity contribution in [3.8, 4) is 0 Å². The quantitative estimate of drug-likeness (QED) is 0.751. The zero-order chi connectivity index (χ0) is 11.7. The van der Waals surface area contributed by atoms with Gasteiger partial charge in [0.15, 0.2) is 0 Å². The summed E-state index contributed by atoms with van der Waals surface area (Å²) in [5.74, 6) is 1.18. The lowest BCUT2D eigenvalue weighted by Gasteiger charge is -2.18. The smallest absolute Gasteiger partial charge is 0.126 e. The van der Waals surface area contributed by atoms with Crippen LogP contribution in [0.4, 0.5) is 5.82 Å². The van der Waals surface area contributed by atoms with E-state index in [1.807, 2.05) is 18.5 Å². The summed E-state index contributed by atoms with van der Waals surface area (Å²) in [6.45, 7) is 2.22. The zero-order valence-electron chi connectivity index (χ0n) is 9.67. The number of imidazole rings is 1. The first kappa shape index (κ1) is 10.3. The van der Waals surface area contributed by atoms with Gasteiger partial charge in [-0.15, -0.1) is 0 Å². The van der Waals surface area contributed by atoms with Crippen LogP contribution in [0.1, 0.15) is 18.5 Å². The summed E-state index contributed by atoms with van der Waals surface area (Å²) in [5, 5.41) is 0. The summed E-state index contributed by atoms with van der Waals surface area (Å²) in [6, 6.07) is 6.18. The standard InChI is InChI=1S/C13H15N3O/c17-9-6-11-12-4-3-5-13(16(12)10-14-11)15-7-1-2-8-15/h3-5,9-10H,1-2,6-8H2. The Bertz CT molecular complexity index is 541. The molecule has 0 N–H and O–H groups in total. The average Bonchev–Trinajstić information content (AvgIpc) is 2.98. The van der Waals surface area contributed by atoms with Crippen molar-refractivity contribution < 1.29 is 4.79 Å². The maximum Gasteiger partial charge on any atom is 0.126 e. The molecule has 0 spiro atoms. The second kappa shape index (κ2) is 4.20. The molecule has 1 aliphatic heterocycles. The SMILES string of the molecule is O=CCc1ncn2c(N3CCCC3)cccc12. The van der Waals surface area contributed by atoms with Crippen molar-refractivity contribution in [1.82, 2.24) is 9.38 Å². The molecule has 0 radical (unpaired) electrons. The van der Waals surface area contributed by atoms with Gasteiger partial charge in [-0.25, -0.2) is 4.98 Å². The molecule has 2 aromatic heterocycles. The molecular formula is C13H15N3O. The van der Waals surface area contributed by atoms with Crippen LogP contribution in [0.15, 0.2) is 24.5 Å². The van der Waals surface area contributed by atoms with Gasteiger partial charge in [-0.05, 0) is 25.0 Å². The van der Waals surface area contributed by atoms with Crippen LogP contribution in [0.3, 0.4) is 0 Å². The number of hydrogen-bond acceptors (Lipinski definition) is 3. The van der Waals surface area contributed by atoms with E-state index in [1.54, 1.807) is 0 Å². The summed E-state index contributed by atoms with van der Waals surface area (Å²) in [5.41, 5.74) is 1.91. The van der Waals surface area contributed by atoms with Gasteiger partial charge in [0.05, 0.1) is 11.2 Å². The number of pyridine rings is 1. The number of nitrogens with zero attached hydrogens (tertiary/aromatic N) is 3. The van der Waals surface area contributed by atoms with Crippen LogP contribution in [0, 0.1) is 0 Å². The molecule has 3 heterocycles. The molecule has 4 heteroatoms. The van der Waals surface area contributed by atoms with Gasteiger partial charge in [0.2, 0.25) is 0 Å². The van der Waals surface area contributed by atoms with E-state index in [9.17, 15) is 4.79 Å². The molecule has 0 aliphatic carbocycles. The number of carbonyl (C=O) groups is 1. The molecule has 1 fully saturated rings. The molecular weight excluding hydrogens is 214 g/mol. The normalized spacial score (nSPS) is 15.6. The first-order chi connectivity index (χ1) is 8.40. The molecule has 1 aliphatic rings. The van der Waals surface area contributed by atoms with E-state index in [4.69, 9.17) is 0 Å². The topological polar surface area (TPSA) is 37.6 Å². The Morgan fingerprint density at radius 3 is 2.88 bits per heavy atom. The number of anilines is 1. The highest BCUT2D eigenvalue weighted by atomic mass is 16.1. The van der Waals surface area contributed by atoms with Gasteiger partial charge in [-0.2, -0.15) is 0 Å². The molecule has 4 nitrogen and oxygen atoms in total. The first-order valence-corrected chi connectivity index (χ1v) is 6.03. The molecule has 0 atom stereocenters. The predicted octanol–water partition coefficient (Wildman–Crippen LogP) is 1.68. The summed E-state index contributed by atoms with van der Waals surface area (Å²) < 4.78 is 2.09. The van der Waals surface area contributed by atoms with Crippen molar-refractivity contribution in [2.45, 2.75) is 19.3 Å². The molecule has 2 aromatic rings. The number of aldehydes is 1. The average molecular weight is 229 g/mol. The fourth-order valence-corrected chi connectivity index (χ4v) is 2.50. The van der Waals surface area contributed by atoms with Crippen LogP contribution in [-0.4, -0.2) is 28.8 Å². The summed E-state index contributed by atoms with van der Waals surface area (Å²) in [6.07, 6.45) is 5.63. The van der Waals surface area contributed by atoms with Crippen molar-refractivity contribution in [2.75, 3.05) is 18.0 Å². The second-order valence-corrected chi connectivity index (χ2v) is 4.40. The van der Waals surface area contributed by atoms with Gasteiger partial charge < -0.3 is 9.69 Å². The fraction of sp³-hybridized carbons (Fsp3) is 0.385. The van der Waals surface area contributed by atoms with E-state index >= 15 is 0 Å². The van der Waals surface area contributed by atoms with E-state index in [-0.39, 0.29) is 0 Å². The number of rotatable bonds is 3. The van der Waals surface area contributed by atoms with E-state index in [0.29, 0.717) is 6.42 Å². The number of fused-ring (bicyclic) bond motifs is 1. The van der Waals surface area contributed by atoms with Gasteiger partial charge in [0, 0.05) is 19.5 Å². The Morgan fingerprint density at radius 2 is 2.12 bits per heavy atom. The summed E-state index contributed by atoms with van der Waals surface area (Å²) >= 11 is 0. The van der Waals surface area contributed by atoms with Crippen LogP contribution in [0.2, 0.25) is 0 Å². The van der Waals surface area contributed by atoms with Crippen LogP contribution >= 0.6 is 0 Å². The Morgan fingerprint density at radius 1 is 1.29 bits per heavy atom. The van der Waals surface area contributed by atoms with E-state index in [1.165, 1.54) is 18.7 Å². The molecule has 0 aromatic carbocycles. The summed E-state index contributed by atoms with van der Waals surface area (Å²) in [7, 11) is 0. The van der Waals surface area contributed by atoms with Gasteiger partial charge in [-0.3, -0.25) is 4.40 Å².